The Morgan fingerprint density at radius 2 is 1.04 bits per heavy atom. The first kappa shape index (κ1) is 15.9. The predicted molar refractivity (Wildman–Crippen MR) is 91.4 cm³/mol. The van der Waals surface area contributed by atoms with Crippen LogP contribution in [-0.2, 0) is 9.84 Å². The minimum atomic E-state index is -3.64. The number of halogens is 2. The van der Waals surface area contributed by atoms with Gasteiger partial charge >= 0.3 is 0 Å². The third-order valence-corrected chi connectivity index (χ3v) is 5.78. The fraction of sp³-hybridized carbons (Fsp3) is 0. The van der Waals surface area contributed by atoms with Crippen molar-refractivity contribution in [3.63, 3.8) is 0 Å². The highest BCUT2D eigenvalue weighted by Crippen LogP contribution is 2.26. The maximum atomic E-state index is 12.9. The normalized spacial score (nSPS) is 11.4. The first-order valence-electron chi connectivity index (χ1n) is 6.83. The molecule has 0 aromatic heterocycles. The Kier molecular flexibility index (Phi) is 4.33. The van der Waals surface area contributed by atoms with Crippen molar-refractivity contribution in [1.29, 1.82) is 0 Å². The van der Waals surface area contributed by atoms with Crippen molar-refractivity contribution >= 4 is 25.8 Å². The molecule has 0 atom stereocenters. The molecule has 3 rings (SSSR count). The van der Waals surface area contributed by atoms with E-state index in [4.69, 9.17) is 0 Å². The van der Waals surface area contributed by atoms with E-state index in [-0.39, 0.29) is 9.79 Å². The SMILES string of the molecule is O=S(=O)(c1ccc(F)cc1)c1ccc(-c2ccc(Br)cc2)cc1. The zero-order valence-corrected chi connectivity index (χ0v) is 14.3. The van der Waals surface area contributed by atoms with Crippen molar-refractivity contribution in [3.8, 4) is 11.1 Å². The molecular formula is C18H12BrFO2S. The summed E-state index contributed by atoms with van der Waals surface area (Å²) in [5.74, 6) is -0.463. The monoisotopic (exact) mass is 390 g/mol. The molecule has 0 radical (unpaired) electrons. The Balaban J connectivity index is 1.95. The Morgan fingerprint density at radius 3 is 1.52 bits per heavy atom. The van der Waals surface area contributed by atoms with E-state index in [0.29, 0.717) is 0 Å². The van der Waals surface area contributed by atoms with Crippen LogP contribution in [0.1, 0.15) is 0 Å². The number of benzene rings is 3. The Hall–Kier alpha value is -1.98. The lowest BCUT2D eigenvalue weighted by Gasteiger charge is -2.07. The molecule has 0 saturated carbocycles. The van der Waals surface area contributed by atoms with Gasteiger partial charge in [-0.3, -0.25) is 0 Å². The molecule has 0 bridgehead atoms. The number of rotatable bonds is 3. The molecule has 0 amide bonds. The van der Waals surface area contributed by atoms with Crippen molar-refractivity contribution in [2.75, 3.05) is 0 Å². The molecule has 3 aromatic rings. The van der Waals surface area contributed by atoms with Crippen molar-refractivity contribution in [2.45, 2.75) is 9.79 Å². The second-order valence-electron chi connectivity index (χ2n) is 4.99. The van der Waals surface area contributed by atoms with Gasteiger partial charge < -0.3 is 0 Å². The molecule has 0 heterocycles. The summed E-state index contributed by atoms with van der Waals surface area (Å²) in [6, 6.07) is 19.2. The lowest BCUT2D eigenvalue weighted by molar-refractivity contribution is 0.595. The van der Waals surface area contributed by atoms with Crippen LogP contribution in [-0.4, -0.2) is 8.42 Å². The van der Waals surface area contributed by atoms with Gasteiger partial charge in [-0.25, -0.2) is 12.8 Å². The summed E-state index contributed by atoms with van der Waals surface area (Å²) < 4.78 is 38.9. The molecule has 0 aliphatic rings. The van der Waals surface area contributed by atoms with Crippen molar-refractivity contribution in [1.82, 2.24) is 0 Å². The minimum absolute atomic E-state index is 0.0790. The topological polar surface area (TPSA) is 34.1 Å². The molecule has 0 N–H and O–H groups in total. The zero-order chi connectivity index (χ0) is 16.4. The lowest BCUT2D eigenvalue weighted by atomic mass is 10.1. The molecule has 116 valence electrons. The number of hydrogen-bond donors (Lipinski definition) is 0. The van der Waals surface area contributed by atoms with Crippen LogP contribution in [0, 0.1) is 5.82 Å². The number of sulfone groups is 1. The second-order valence-corrected chi connectivity index (χ2v) is 7.85. The molecule has 0 fully saturated rings. The van der Waals surface area contributed by atoms with E-state index in [1.807, 2.05) is 24.3 Å². The lowest BCUT2D eigenvalue weighted by Crippen LogP contribution is -2.01. The van der Waals surface area contributed by atoms with E-state index in [1.165, 1.54) is 12.1 Å². The average molecular weight is 391 g/mol. The van der Waals surface area contributed by atoms with Gasteiger partial charge in [-0.1, -0.05) is 40.2 Å². The van der Waals surface area contributed by atoms with E-state index in [9.17, 15) is 12.8 Å². The third-order valence-electron chi connectivity index (χ3n) is 3.47. The summed E-state index contributed by atoms with van der Waals surface area (Å²) >= 11 is 3.38. The van der Waals surface area contributed by atoms with Gasteiger partial charge in [-0.15, -0.1) is 0 Å². The molecule has 0 unspecified atom stereocenters. The summed E-state index contributed by atoms with van der Waals surface area (Å²) in [6.07, 6.45) is 0. The van der Waals surface area contributed by atoms with Crippen LogP contribution in [0.3, 0.4) is 0 Å². The second kappa shape index (κ2) is 6.26. The molecule has 5 heteroatoms. The molecule has 0 spiro atoms. The minimum Gasteiger partial charge on any atom is -0.219 e. The van der Waals surface area contributed by atoms with Crippen LogP contribution < -0.4 is 0 Å². The molecule has 0 aliphatic heterocycles. The first-order valence-corrected chi connectivity index (χ1v) is 9.11. The van der Waals surface area contributed by atoms with Gasteiger partial charge in [0.15, 0.2) is 0 Å². The van der Waals surface area contributed by atoms with Gasteiger partial charge in [-0.2, -0.15) is 0 Å². The van der Waals surface area contributed by atoms with Gasteiger partial charge in [-0.05, 0) is 59.7 Å². The summed E-state index contributed by atoms with van der Waals surface area (Å²) in [6.45, 7) is 0. The van der Waals surface area contributed by atoms with Gasteiger partial charge in [0.05, 0.1) is 9.79 Å². The van der Waals surface area contributed by atoms with E-state index >= 15 is 0 Å². The summed E-state index contributed by atoms with van der Waals surface area (Å²) in [7, 11) is -3.64. The van der Waals surface area contributed by atoms with Crippen LogP contribution >= 0.6 is 15.9 Å². The van der Waals surface area contributed by atoms with Crippen LogP contribution in [0.15, 0.2) is 87.1 Å². The third kappa shape index (κ3) is 3.35. The maximum Gasteiger partial charge on any atom is 0.206 e. The highest BCUT2D eigenvalue weighted by molar-refractivity contribution is 9.10. The molecular weight excluding hydrogens is 379 g/mol. The van der Waals surface area contributed by atoms with Gasteiger partial charge in [0.1, 0.15) is 5.82 Å². The van der Waals surface area contributed by atoms with E-state index in [2.05, 4.69) is 15.9 Å². The molecule has 0 saturated heterocycles. The summed E-state index contributed by atoms with van der Waals surface area (Å²) in [5.41, 5.74) is 1.93. The number of hydrogen-bond acceptors (Lipinski definition) is 2. The van der Waals surface area contributed by atoms with Crippen LogP contribution in [0.2, 0.25) is 0 Å². The van der Waals surface area contributed by atoms with Crippen LogP contribution in [0.25, 0.3) is 11.1 Å². The molecule has 3 aromatic carbocycles. The van der Waals surface area contributed by atoms with Crippen molar-refractivity contribution < 1.29 is 12.8 Å². The predicted octanol–water partition coefficient (Wildman–Crippen LogP) is 5.09. The molecule has 23 heavy (non-hydrogen) atoms. The van der Waals surface area contributed by atoms with E-state index in [0.717, 1.165) is 27.7 Å². The zero-order valence-electron chi connectivity index (χ0n) is 11.9. The molecule has 2 nitrogen and oxygen atoms in total. The van der Waals surface area contributed by atoms with E-state index in [1.54, 1.807) is 24.3 Å². The maximum absolute atomic E-state index is 12.9. The fourth-order valence-corrected chi connectivity index (χ4v) is 3.74. The smallest absolute Gasteiger partial charge is 0.206 e. The summed E-state index contributed by atoms with van der Waals surface area (Å²) in [4.78, 5) is 0.264. The summed E-state index contributed by atoms with van der Waals surface area (Å²) in [5, 5.41) is 0. The first-order chi connectivity index (χ1) is 11.0. The average Bonchev–Trinajstić information content (AvgIpc) is 2.56. The van der Waals surface area contributed by atoms with Gasteiger partial charge in [0, 0.05) is 4.47 Å². The van der Waals surface area contributed by atoms with Crippen molar-refractivity contribution in [2.24, 2.45) is 0 Å². The van der Waals surface area contributed by atoms with Crippen LogP contribution in [0.4, 0.5) is 4.39 Å². The Bertz CT molecular complexity index is 916. The Morgan fingerprint density at radius 1 is 0.652 bits per heavy atom. The largest absolute Gasteiger partial charge is 0.219 e. The quantitative estimate of drug-likeness (QED) is 0.583. The highest BCUT2D eigenvalue weighted by Gasteiger charge is 2.17. The highest BCUT2D eigenvalue weighted by atomic mass is 79.9. The van der Waals surface area contributed by atoms with Crippen molar-refractivity contribution in [3.05, 3.63) is 83.1 Å². The van der Waals surface area contributed by atoms with Gasteiger partial charge in [0.2, 0.25) is 9.84 Å². The Labute approximate surface area is 142 Å². The van der Waals surface area contributed by atoms with Gasteiger partial charge in [0.25, 0.3) is 0 Å². The van der Waals surface area contributed by atoms with E-state index < -0.39 is 15.7 Å². The van der Waals surface area contributed by atoms with Crippen LogP contribution in [0.5, 0.6) is 0 Å². The molecule has 0 aliphatic carbocycles. The fourth-order valence-electron chi connectivity index (χ4n) is 2.22. The standard InChI is InChI=1S/C18H12BrFO2S/c19-15-5-1-13(2-6-15)14-3-9-17(10-4-14)23(21,22)18-11-7-16(20)8-12-18/h1-12H.